The molecule has 0 amide bonds. The lowest BCUT2D eigenvalue weighted by Crippen LogP contribution is -2.13. The molecule has 1 N–H and O–H groups in total. The van der Waals surface area contributed by atoms with Gasteiger partial charge in [0.15, 0.2) is 5.82 Å². The minimum absolute atomic E-state index is 0.897. The van der Waals surface area contributed by atoms with Crippen LogP contribution in [0.1, 0.15) is 23.6 Å². The molecular weight excluding hydrogens is 236 g/mol. The van der Waals surface area contributed by atoms with E-state index in [-0.39, 0.29) is 0 Å². The van der Waals surface area contributed by atoms with Crippen LogP contribution in [-0.4, -0.2) is 40.7 Å². The number of H-pyrrole nitrogens is 1. The largest absolute Gasteiger partial charge is 0.309 e. The number of hydrogen-bond donors (Lipinski definition) is 1. The molecule has 0 aliphatic rings. The van der Waals surface area contributed by atoms with Crippen LogP contribution in [0.25, 0.3) is 0 Å². The standard InChI is InChI=1S/C15H22N4/c1-19(2)12-6-9-14-16-15(18-17-14)11-10-13-7-4-3-5-8-13/h3-5,7-8H,6,9-12H2,1-2H3,(H,16,17,18). The van der Waals surface area contributed by atoms with Gasteiger partial charge in [0.25, 0.3) is 0 Å². The second-order valence-corrected chi connectivity index (χ2v) is 5.09. The van der Waals surface area contributed by atoms with Crippen LogP contribution >= 0.6 is 0 Å². The molecule has 0 bridgehead atoms. The van der Waals surface area contributed by atoms with Crippen LogP contribution in [0.5, 0.6) is 0 Å². The van der Waals surface area contributed by atoms with Crippen molar-refractivity contribution in [1.82, 2.24) is 20.1 Å². The van der Waals surface area contributed by atoms with Crippen LogP contribution in [0.15, 0.2) is 30.3 Å². The van der Waals surface area contributed by atoms with Gasteiger partial charge in [-0.1, -0.05) is 30.3 Å². The van der Waals surface area contributed by atoms with E-state index < -0.39 is 0 Å². The summed E-state index contributed by atoms with van der Waals surface area (Å²) in [5.41, 5.74) is 1.33. The average molecular weight is 258 g/mol. The highest BCUT2D eigenvalue weighted by molar-refractivity contribution is 5.15. The number of aromatic nitrogens is 3. The topological polar surface area (TPSA) is 44.8 Å². The second kappa shape index (κ2) is 7.04. The Morgan fingerprint density at radius 3 is 2.58 bits per heavy atom. The number of rotatable bonds is 7. The number of aromatic amines is 1. The molecule has 2 aromatic rings. The molecule has 1 aromatic heterocycles. The quantitative estimate of drug-likeness (QED) is 0.827. The lowest BCUT2D eigenvalue weighted by molar-refractivity contribution is 0.398. The van der Waals surface area contributed by atoms with Gasteiger partial charge in [-0.05, 0) is 39.0 Å². The zero-order chi connectivity index (χ0) is 13.5. The highest BCUT2D eigenvalue weighted by atomic mass is 15.2. The molecule has 0 radical (unpaired) electrons. The Kier molecular flexibility index (Phi) is 5.10. The van der Waals surface area contributed by atoms with Gasteiger partial charge in [0.05, 0.1) is 0 Å². The van der Waals surface area contributed by atoms with E-state index in [1.807, 2.05) is 6.07 Å². The van der Waals surface area contributed by atoms with E-state index in [0.29, 0.717) is 0 Å². The van der Waals surface area contributed by atoms with Crippen molar-refractivity contribution in [2.24, 2.45) is 0 Å². The van der Waals surface area contributed by atoms with Crippen LogP contribution in [0.3, 0.4) is 0 Å². The number of benzene rings is 1. The smallest absolute Gasteiger partial charge is 0.151 e. The van der Waals surface area contributed by atoms with Gasteiger partial charge in [0.2, 0.25) is 0 Å². The van der Waals surface area contributed by atoms with E-state index in [1.54, 1.807) is 0 Å². The first kappa shape index (κ1) is 13.7. The summed E-state index contributed by atoms with van der Waals surface area (Å²) in [7, 11) is 4.18. The lowest BCUT2D eigenvalue weighted by Gasteiger charge is -2.06. The fourth-order valence-corrected chi connectivity index (χ4v) is 2.02. The van der Waals surface area contributed by atoms with Crippen molar-refractivity contribution in [3.8, 4) is 0 Å². The molecule has 0 atom stereocenters. The van der Waals surface area contributed by atoms with Crippen LogP contribution in [-0.2, 0) is 19.3 Å². The SMILES string of the molecule is CN(C)CCCc1nc(CCc2ccccc2)n[nH]1. The maximum absolute atomic E-state index is 4.54. The second-order valence-electron chi connectivity index (χ2n) is 5.09. The van der Waals surface area contributed by atoms with Crippen molar-refractivity contribution in [2.45, 2.75) is 25.7 Å². The first-order valence-corrected chi connectivity index (χ1v) is 6.83. The van der Waals surface area contributed by atoms with Gasteiger partial charge in [0.1, 0.15) is 5.82 Å². The monoisotopic (exact) mass is 258 g/mol. The predicted octanol–water partition coefficient (Wildman–Crippen LogP) is 2.08. The molecule has 0 saturated carbocycles. The summed E-state index contributed by atoms with van der Waals surface area (Å²) in [5, 5.41) is 7.32. The Morgan fingerprint density at radius 2 is 1.84 bits per heavy atom. The van der Waals surface area contributed by atoms with Crippen LogP contribution < -0.4 is 0 Å². The number of nitrogens with one attached hydrogen (secondary N) is 1. The van der Waals surface area contributed by atoms with Gasteiger partial charge >= 0.3 is 0 Å². The zero-order valence-electron chi connectivity index (χ0n) is 11.8. The van der Waals surface area contributed by atoms with Crippen molar-refractivity contribution in [2.75, 3.05) is 20.6 Å². The Bertz CT molecular complexity index is 476. The molecule has 0 fully saturated rings. The first-order valence-electron chi connectivity index (χ1n) is 6.83. The number of hydrogen-bond acceptors (Lipinski definition) is 3. The molecule has 102 valence electrons. The van der Waals surface area contributed by atoms with Gasteiger partial charge < -0.3 is 4.90 Å². The summed E-state index contributed by atoms with van der Waals surface area (Å²) in [6.45, 7) is 1.08. The molecule has 19 heavy (non-hydrogen) atoms. The van der Waals surface area contributed by atoms with E-state index in [2.05, 4.69) is 58.4 Å². The minimum atomic E-state index is 0.897. The van der Waals surface area contributed by atoms with E-state index in [0.717, 1.165) is 43.9 Å². The molecule has 0 aliphatic carbocycles. The third-order valence-corrected chi connectivity index (χ3v) is 3.08. The molecule has 0 unspecified atom stereocenters. The van der Waals surface area contributed by atoms with Gasteiger partial charge in [-0.3, -0.25) is 5.10 Å². The third kappa shape index (κ3) is 4.83. The van der Waals surface area contributed by atoms with E-state index in [1.165, 1.54) is 5.56 Å². The molecule has 2 rings (SSSR count). The molecule has 1 aromatic carbocycles. The molecule has 0 aliphatic heterocycles. The highest BCUT2D eigenvalue weighted by Gasteiger charge is 2.03. The minimum Gasteiger partial charge on any atom is -0.309 e. The maximum atomic E-state index is 4.54. The summed E-state index contributed by atoms with van der Waals surface area (Å²) in [6.07, 6.45) is 3.97. The van der Waals surface area contributed by atoms with Gasteiger partial charge in [-0.2, -0.15) is 5.10 Å². The Balaban J connectivity index is 1.77. The number of aryl methyl sites for hydroxylation is 3. The summed E-state index contributed by atoms with van der Waals surface area (Å²) in [5.74, 6) is 1.92. The molecular formula is C15H22N4. The molecule has 0 spiro atoms. The fraction of sp³-hybridized carbons (Fsp3) is 0.467. The maximum Gasteiger partial charge on any atom is 0.151 e. The zero-order valence-corrected chi connectivity index (χ0v) is 11.8. The predicted molar refractivity (Wildman–Crippen MR) is 77.1 cm³/mol. The summed E-state index contributed by atoms with van der Waals surface area (Å²) >= 11 is 0. The first-order chi connectivity index (χ1) is 9.24. The van der Waals surface area contributed by atoms with E-state index in [9.17, 15) is 0 Å². The van der Waals surface area contributed by atoms with Crippen LogP contribution in [0.2, 0.25) is 0 Å². The Hall–Kier alpha value is -1.68. The normalized spacial score (nSPS) is 11.1. The summed E-state index contributed by atoms with van der Waals surface area (Å²) < 4.78 is 0. The summed E-state index contributed by atoms with van der Waals surface area (Å²) in [4.78, 5) is 6.72. The third-order valence-electron chi connectivity index (χ3n) is 3.08. The van der Waals surface area contributed by atoms with E-state index in [4.69, 9.17) is 0 Å². The lowest BCUT2D eigenvalue weighted by atomic mass is 10.1. The molecule has 4 heteroatoms. The van der Waals surface area contributed by atoms with Crippen LogP contribution in [0, 0.1) is 0 Å². The van der Waals surface area contributed by atoms with Crippen molar-refractivity contribution in [3.05, 3.63) is 47.5 Å². The van der Waals surface area contributed by atoms with Gasteiger partial charge in [0, 0.05) is 12.8 Å². The van der Waals surface area contributed by atoms with Gasteiger partial charge in [-0.25, -0.2) is 4.98 Å². The van der Waals surface area contributed by atoms with Crippen molar-refractivity contribution < 1.29 is 0 Å². The van der Waals surface area contributed by atoms with Crippen molar-refractivity contribution in [1.29, 1.82) is 0 Å². The van der Waals surface area contributed by atoms with Crippen molar-refractivity contribution >= 4 is 0 Å². The highest BCUT2D eigenvalue weighted by Crippen LogP contribution is 2.04. The molecule has 4 nitrogen and oxygen atoms in total. The molecule has 0 saturated heterocycles. The Morgan fingerprint density at radius 1 is 1.05 bits per heavy atom. The molecule has 1 heterocycles. The van der Waals surface area contributed by atoms with E-state index >= 15 is 0 Å². The van der Waals surface area contributed by atoms with Crippen molar-refractivity contribution in [3.63, 3.8) is 0 Å². The average Bonchev–Trinajstić information content (AvgIpc) is 2.85. The number of nitrogens with zero attached hydrogens (tertiary/aromatic N) is 3. The van der Waals surface area contributed by atoms with Gasteiger partial charge in [-0.15, -0.1) is 0 Å². The fourth-order valence-electron chi connectivity index (χ4n) is 2.02. The van der Waals surface area contributed by atoms with Crippen LogP contribution in [0.4, 0.5) is 0 Å². The Labute approximate surface area is 114 Å². The summed E-state index contributed by atoms with van der Waals surface area (Å²) in [6, 6.07) is 10.5.